The Kier molecular flexibility index (Phi) is 2.04. The fourth-order valence-corrected chi connectivity index (χ4v) is 2.01. The Bertz CT molecular complexity index is 211. The molecule has 0 amide bonds. The van der Waals surface area contributed by atoms with Crippen molar-refractivity contribution in [3.8, 4) is 6.07 Å². The largest absolute Gasteiger partial charge is 0.198 e. The molecule has 0 aliphatic heterocycles. The van der Waals surface area contributed by atoms with Crippen LogP contribution >= 0.6 is 0 Å². The van der Waals surface area contributed by atoms with Gasteiger partial charge in [-0.15, -0.1) is 0 Å². The van der Waals surface area contributed by atoms with Gasteiger partial charge in [-0.05, 0) is 31.1 Å². The van der Waals surface area contributed by atoms with Crippen molar-refractivity contribution in [3.63, 3.8) is 0 Å². The Hall–Kier alpha value is -0.770. The minimum Gasteiger partial charge on any atom is -0.198 e. The molecule has 0 aromatic rings. The lowest BCUT2D eigenvalue weighted by atomic mass is 9.58. The first-order valence-corrected chi connectivity index (χ1v) is 4.12. The molecule has 1 heteroatoms. The monoisotopic (exact) mass is 149 g/mol. The molecular weight excluding hydrogens is 134 g/mol. The summed E-state index contributed by atoms with van der Waals surface area (Å²) < 4.78 is 0. The molecule has 2 atom stereocenters. The highest BCUT2D eigenvalue weighted by molar-refractivity contribution is 5.11. The van der Waals surface area contributed by atoms with E-state index < -0.39 is 0 Å². The molecular formula is C10H15N. The van der Waals surface area contributed by atoms with Crippen LogP contribution in [0.1, 0.15) is 33.1 Å². The van der Waals surface area contributed by atoms with Crippen molar-refractivity contribution in [3.05, 3.63) is 12.2 Å². The maximum absolute atomic E-state index is 8.59. The number of hydrogen-bond acceptors (Lipinski definition) is 1. The third-order valence-electron chi connectivity index (χ3n) is 2.92. The first kappa shape index (κ1) is 8.33. The molecule has 11 heavy (non-hydrogen) atoms. The van der Waals surface area contributed by atoms with E-state index in [0.717, 1.165) is 0 Å². The van der Waals surface area contributed by atoms with Gasteiger partial charge in [0.2, 0.25) is 0 Å². The quantitative estimate of drug-likeness (QED) is 0.554. The van der Waals surface area contributed by atoms with Gasteiger partial charge >= 0.3 is 0 Å². The van der Waals surface area contributed by atoms with Crippen LogP contribution < -0.4 is 0 Å². The number of rotatable bonds is 2. The van der Waals surface area contributed by atoms with Gasteiger partial charge in [-0.3, -0.25) is 0 Å². The second-order valence-corrected chi connectivity index (χ2v) is 3.93. The second kappa shape index (κ2) is 2.70. The van der Waals surface area contributed by atoms with E-state index in [1.807, 2.05) is 0 Å². The fraction of sp³-hybridized carbons (Fsp3) is 0.700. The lowest BCUT2D eigenvalue weighted by molar-refractivity contribution is 0.0860. The maximum atomic E-state index is 8.59. The van der Waals surface area contributed by atoms with Crippen LogP contribution in [-0.4, -0.2) is 0 Å². The zero-order chi connectivity index (χ0) is 8.48. The van der Waals surface area contributed by atoms with E-state index in [1.165, 1.54) is 18.4 Å². The Morgan fingerprint density at radius 1 is 1.82 bits per heavy atom. The molecule has 1 rings (SSSR count). The van der Waals surface area contributed by atoms with Crippen molar-refractivity contribution in [1.29, 1.82) is 5.26 Å². The van der Waals surface area contributed by atoms with Crippen molar-refractivity contribution >= 4 is 0 Å². The van der Waals surface area contributed by atoms with E-state index in [4.69, 9.17) is 5.26 Å². The van der Waals surface area contributed by atoms with Gasteiger partial charge < -0.3 is 0 Å². The molecule has 0 saturated heterocycles. The van der Waals surface area contributed by atoms with Gasteiger partial charge in [0, 0.05) is 6.42 Å². The molecule has 1 fully saturated rings. The van der Waals surface area contributed by atoms with Gasteiger partial charge in [0.25, 0.3) is 0 Å². The molecule has 60 valence electrons. The van der Waals surface area contributed by atoms with Crippen LogP contribution in [0, 0.1) is 22.7 Å². The highest BCUT2D eigenvalue weighted by atomic mass is 14.5. The standard InChI is InChI=1S/C10H15N/c1-8(2)9-4-5-10(9,3)6-7-11/h9H,1,4-6H2,2-3H3. The van der Waals surface area contributed by atoms with Crippen LogP contribution in [0.5, 0.6) is 0 Å². The summed E-state index contributed by atoms with van der Waals surface area (Å²) in [6.07, 6.45) is 3.11. The minimum atomic E-state index is 0.251. The molecule has 0 heterocycles. The van der Waals surface area contributed by atoms with E-state index >= 15 is 0 Å². The van der Waals surface area contributed by atoms with Crippen LogP contribution in [-0.2, 0) is 0 Å². The molecule has 1 nitrogen and oxygen atoms in total. The lowest BCUT2D eigenvalue weighted by Gasteiger charge is -2.46. The van der Waals surface area contributed by atoms with Crippen molar-refractivity contribution in [2.75, 3.05) is 0 Å². The molecule has 0 aromatic heterocycles. The molecule has 0 N–H and O–H groups in total. The summed E-state index contributed by atoms with van der Waals surface area (Å²) in [4.78, 5) is 0. The zero-order valence-corrected chi connectivity index (χ0v) is 7.35. The average molecular weight is 149 g/mol. The molecule has 0 bridgehead atoms. The van der Waals surface area contributed by atoms with E-state index in [9.17, 15) is 0 Å². The van der Waals surface area contributed by atoms with Crippen LogP contribution in [0.3, 0.4) is 0 Å². The lowest BCUT2D eigenvalue weighted by Crippen LogP contribution is -2.37. The Morgan fingerprint density at radius 3 is 2.73 bits per heavy atom. The van der Waals surface area contributed by atoms with Crippen molar-refractivity contribution in [1.82, 2.24) is 0 Å². The van der Waals surface area contributed by atoms with E-state index in [0.29, 0.717) is 12.3 Å². The van der Waals surface area contributed by atoms with Gasteiger partial charge in [-0.1, -0.05) is 19.1 Å². The SMILES string of the molecule is C=C(C)C1CCC1(C)CC#N. The Labute approximate surface area is 68.7 Å². The summed E-state index contributed by atoms with van der Waals surface area (Å²) >= 11 is 0. The molecule has 2 unspecified atom stereocenters. The summed E-state index contributed by atoms with van der Waals surface area (Å²) in [6, 6.07) is 2.25. The van der Waals surface area contributed by atoms with Gasteiger partial charge in [0.1, 0.15) is 0 Å². The van der Waals surface area contributed by atoms with Crippen molar-refractivity contribution in [2.45, 2.75) is 33.1 Å². The molecule has 1 aliphatic rings. The summed E-state index contributed by atoms with van der Waals surface area (Å²) in [5.74, 6) is 0.599. The van der Waals surface area contributed by atoms with Gasteiger partial charge in [0.15, 0.2) is 0 Å². The minimum absolute atomic E-state index is 0.251. The highest BCUT2D eigenvalue weighted by Gasteiger charge is 2.42. The number of nitriles is 1. The van der Waals surface area contributed by atoms with Crippen molar-refractivity contribution in [2.24, 2.45) is 11.3 Å². The summed E-state index contributed by atoms with van der Waals surface area (Å²) in [7, 11) is 0. The first-order chi connectivity index (χ1) is 5.10. The normalized spacial score (nSPS) is 35.5. The van der Waals surface area contributed by atoms with Crippen LogP contribution in [0.15, 0.2) is 12.2 Å². The van der Waals surface area contributed by atoms with E-state index in [-0.39, 0.29) is 5.41 Å². The number of nitrogens with zero attached hydrogens (tertiary/aromatic N) is 1. The predicted molar refractivity (Wildman–Crippen MR) is 45.9 cm³/mol. The molecule has 1 aliphatic carbocycles. The fourth-order valence-electron chi connectivity index (χ4n) is 2.01. The van der Waals surface area contributed by atoms with Crippen molar-refractivity contribution < 1.29 is 0 Å². The van der Waals surface area contributed by atoms with Gasteiger partial charge in [-0.2, -0.15) is 5.26 Å². The maximum Gasteiger partial charge on any atom is 0.0627 e. The number of allylic oxidation sites excluding steroid dienone is 1. The van der Waals surface area contributed by atoms with E-state index in [2.05, 4.69) is 26.5 Å². The molecule has 1 saturated carbocycles. The second-order valence-electron chi connectivity index (χ2n) is 3.93. The molecule has 0 spiro atoms. The zero-order valence-electron chi connectivity index (χ0n) is 7.35. The summed E-state index contributed by atoms with van der Waals surface area (Å²) in [6.45, 7) is 8.21. The predicted octanol–water partition coefficient (Wildman–Crippen LogP) is 2.89. The summed E-state index contributed by atoms with van der Waals surface area (Å²) in [5, 5.41) is 8.59. The topological polar surface area (TPSA) is 23.8 Å². The first-order valence-electron chi connectivity index (χ1n) is 4.12. The Morgan fingerprint density at radius 2 is 2.45 bits per heavy atom. The van der Waals surface area contributed by atoms with Gasteiger partial charge in [-0.25, -0.2) is 0 Å². The van der Waals surface area contributed by atoms with Crippen LogP contribution in [0.2, 0.25) is 0 Å². The van der Waals surface area contributed by atoms with Gasteiger partial charge in [0.05, 0.1) is 6.07 Å². The molecule has 0 radical (unpaired) electrons. The van der Waals surface area contributed by atoms with Crippen LogP contribution in [0.25, 0.3) is 0 Å². The average Bonchev–Trinajstić information content (AvgIpc) is 1.85. The highest BCUT2D eigenvalue weighted by Crippen LogP contribution is 2.51. The summed E-state index contributed by atoms with van der Waals surface area (Å²) in [5.41, 5.74) is 1.50. The molecule has 0 aromatic carbocycles. The Balaban J connectivity index is 2.61. The number of hydrogen-bond donors (Lipinski definition) is 0. The third-order valence-corrected chi connectivity index (χ3v) is 2.92. The van der Waals surface area contributed by atoms with Crippen LogP contribution in [0.4, 0.5) is 0 Å². The third kappa shape index (κ3) is 1.30. The van der Waals surface area contributed by atoms with E-state index in [1.54, 1.807) is 0 Å². The smallest absolute Gasteiger partial charge is 0.0627 e.